The molecule has 2 aromatic heterocycles. The molecule has 2 unspecified atom stereocenters. The Balaban J connectivity index is 0.000000320. The highest BCUT2D eigenvalue weighted by atomic mass is 16.5. The fourth-order valence-corrected chi connectivity index (χ4v) is 3.68. The van der Waals surface area contributed by atoms with E-state index in [1.165, 1.54) is 25.3 Å². The Morgan fingerprint density at radius 1 is 1.36 bits per heavy atom. The van der Waals surface area contributed by atoms with Crippen molar-refractivity contribution in [2.45, 2.75) is 64.1 Å². The van der Waals surface area contributed by atoms with Gasteiger partial charge >= 0.3 is 0 Å². The van der Waals surface area contributed by atoms with Crippen molar-refractivity contribution in [3.8, 4) is 0 Å². The summed E-state index contributed by atoms with van der Waals surface area (Å²) in [6.07, 6.45) is 11.4. The highest BCUT2D eigenvalue weighted by Crippen LogP contribution is 2.26. The molecule has 1 saturated heterocycles. The molecule has 1 aliphatic heterocycles. The normalized spacial score (nSPS) is 22.2. The number of carbonyl (C=O) groups is 1. The van der Waals surface area contributed by atoms with E-state index in [9.17, 15) is 4.79 Å². The minimum Gasteiger partial charge on any atom is -0.381 e. The van der Waals surface area contributed by atoms with E-state index in [4.69, 9.17) is 4.74 Å². The maximum Gasteiger partial charge on any atom is 0.246 e. The molecule has 28 heavy (non-hydrogen) atoms. The Labute approximate surface area is 166 Å². The van der Waals surface area contributed by atoms with Gasteiger partial charge in [0.1, 0.15) is 17.8 Å². The molecule has 1 saturated carbocycles. The van der Waals surface area contributed by atoms with Gasteiger partial charge in [-0.25, -0.2) is 9.97 Å². The molecule has 2 aromatic rings. The number of rotatable bonds is 4. The summed E-state index contributed by atoms with van der Waals surface area (Å²) < 4.78 is 4.99. The van der Waals surface area contributed by atoms with Crippen LogP contribution < -0.4 is 5.32 Å². The maximum atomic E-state index is 11.9. The maximum absolute atomic E-state index is 11.9. The second kappa shape index (κ2) is 9.19. The van der Waals surface area contributed by atoms with Crippen LogP contribution in [0.4, 0.5) is 5.82 Å². The number of likely N-dealkylation sites (tertiary alicyclic amines) is 1. The van der Waals surface area contributed by atoms with Gasteiger partial charge in [0, 0.05) is 31.9 Å². The summed E-state index contributed by atoms with van der Waals surface area (Å²) in [6, 6.07) is 0.440. The van der Waals surface area contributed by atoms with Crippen LogP contribution in [0.3, 0.4) is 0 Å². The molecule has 2 atom stereocenters. The fourth-order valence-electron chi connectivity index (χ4n) is 3.68. The van der Waals surface area contributed by atoms with E-state index >= 15 is 0 Å². The minimum atomic E-state index is -0.00957. The minimum absolute atomic E-state index is 0.00957. The predicted molar refractivity (Wildman–Crippen MR) is 111 cm³/mol. The Bertz CT molecular complexity index is 811. The van der Waals surface area contributed by atoms with E-state index in [0.717, 1.165) is 35.3 Å². The SMILES string of the molecule is C=CC(=O)N1CC(Nc2ncnc3[nH]cc(C)c23)CCC1C.COC1CCC1. The zero-order valence-corrected chi connectivity index (χ0v) is 17.1. The molecule has 2 N–H and O–H groups in total. The lowest BCUT2D eigenvalue weighted by atomic mass is 9.96. The van der Waals surface area contributed by atoms with E-state index in [1.807, 2.05) is 18.0 Å². The van der Waals surface area contributed by atoms with Gasteiger partial charge in [0.25, 0.3) is 0 Å². The van der Waals surface area contributed by atoms with Gasteiger partial charge in [-0.3, -0.25) is 4.79 Å². The molecule has 7 nitrogen and oxygen atoms in total. The lowest BCUT2D eigenvalue weighted by Gasteiger charge is -2.38. The molecule has 2 fully saturated rings. The van der Waals surface area contributed by atoms with Gasteiger partial charge in [-0.05, 0) is 57.6 Å². The van der Waals surface area contributed by atoms with Crippen LogP contribution in [0, 0.1) is 6.92 Å². The van der Waals surface area contributed by atoms with Crippen molar-refractivity contribution >= 4 is 22.8 Å². The van der Waals surface area contributed by atoms with Crippen molar-refractivity contribution in [2.24, 2.45) is 0 Å². The topological polar surface area (TPSA) is 83.1 Å². The van der Waals surface area contributed by atoms with Gasteiger partial charge < -0.3 is 19.9 Å². The quantitative estimate of drug-likeness (QED) is 0.788. The number of H-pyrrole nitrogens is 1. The first kappa shape index (κ1) is 20.3. The van der Waals surface area contributed by atoms with Crippen LogP contribution in [0.25, 0.3) is 11.0 Å². The average Bonchev–Trinajstić information content (AvgIpc) is 3.04. The highest BCUT2D eigenvalue weighted by Gasteiger charge is 2.28. The third kappa shape index (κ3) is 4.52. The fraction of sp³-hybridized carbons (Fsp3) is 0.571. The molecule has 0 radical (unpaired) electrons. The molecular formula is C21H31N5O2. The zero-order valence-electron chi connectivity index (χ0n) is 17.1. The summed E-state index contributed by atoms with van der Waals surface area (Å²) >= 11 is 0. The van der Waals surface area contributed by atoms with E-state index in [-0.39, 0.29) is 18.0 Å². The van der Waals surface area contributed by atoms with E-state index in [0.29, 0.717) is 12.6 Å². The number of aromatic amines is 1. The molecule has 2 aliphatic rings. The number of fused-ring (bicyclic) bond motifs is 1. The van der Waals surface area contributed by atoms with Crippen molar-refractivity contribution in [1.82, 2.24) is 19.9 Å². The van der Waals surface area contributed by atoms with Gasteiger partial charge in [-0.15, -0.1) is 0 Å². The van der Waals surface area contributed by atoms with Crippen LogP contribution in [0.15, 0.2) is 25.2 Å². The van der Waals surface area contributed by atoms with Crippen LogP contribution in [-0.2, 0) is 9.53 Å². The molecule has 0 bridgehead atoms. The van der Waals surface area contributed by atoms with Gasteiger partial charge in [0.2, 0.25) is 5.91 Å². The standard InChI is InChI=1S/C16H21N5O.C5H10O/c1-4-13(22)21-8-12(6-5-11(21)3)20-16-14-10(2)7-17-15(14)18-9-19-16;1-6-5-3-2-4-5/h4,7,9,11-12H,1,5-6,8H2,2-3H3,(H2,17,18,19,20);5H,2-4H2,1H3. The van der Waals surface area contributed by atoms with Crippen molar-refractivity contribution < 1.29 is 9.53 Å². The smallest absolute Gasteiger partial charge is 0.246 e. The summed E-state index contributed by atoms with van der Waals surface area (Å²) in [5, 5.41) is 4.50. The lowest BCUT2D eigenvalue weighted by Crippen LogP contribution is -2.49. The van der Waals surface area contributed by atoms with Gasteiger partial charge in [0.05, 0.1) is 11.5 Å². The first-order chi connectivity index (χ1) is 13.5. The second-order valence-electron chi connectivity index (χ2n) is 7.67. The molecule has 1 amide bonds. The molecule has 0 aromatic carbocycles. The molecule has 152 valence electrons. The number of carbonyl (C=O) groups excluding carboxylic acids is 1. The summed E-state index contributed by atoms with van der Waals surface area (Å²) in [5.41, 5.74) is 1.94. The molecule has 1 aliphatic carbocycles. The number of nitrogens with one attached hydrogen (secondary N) is 2. The Morgan fingerprint density at radius 2 is 2.14 bits per heavy atom. The summed E-state index contributed by atoms with van der Waals surface area (Å²) in [7, 11) is 1.78. The summed E-state index contributed by atoms with van der Waals surface area (Å²) in [6.45, 7) is 8.37. The van der Waals surface area contributed by atoms with Gasteiger partial charge in [-0.2, -0.15) is 0 Å². The van der Waals surface area contributed by atoms with Crippen molar-refractivity contribution in [3.05, 3.63) is 30.7 Å². The molecule has 3 heterocycles. The van der Waals surface area contributed by atoms with Crippen LogP contribution in [0.2, 0.25) is 0 Å². The predicted octanol–water partition coefficient (Wildman–Crippen LogP) is 3.43. The first-order valence-electron chi connectivity index (χ1n) is 10.0. The number of methoxy groups -OCH3 is 1. The summed E-state index contributed by atoms with van der Waals surface area (Å²) in [4.78, 5) is 25.6. The van der Waals surface area contributed by atoms with Crippen LogP contribution in [0.5, 0.6) is 0 Å². The number of hydrogen-bond donors (Lipinski definition) is 2. The van der Waals surface area contributed by atoms with Crippen LogP contribution in [0.1, 0.15) is 44.6 Å². The lowest BCUT2D eigenvalue weighted by molar-refractivity contribution is -0.129. The van der Waals surface area contributed by atoms with Crippen LogP contribution >= 0.6 is 0 Å². The average molecular weight is 386 g/mol. The molecule has 4 rings (SSSR count). The number of hydrogen-bond acceptors (Lipinski definition) is 5. The Hall–Kier alpha value is -2.41. The number of amides is 1. The van der Waals surface area contributed by atoms with Crippen molar-refractivity contribution in [1.29, 1.82) is 0 Å². The molecular weight excluding hydrogens is 354 g/mol. The summed E-state index contributed by atoms with van der Waals surface area (Å²) in [5.74, 6) is 0.818. The highest BCUT2D eigenvalue weighted by molar-refractivity contribution is 5.90. The molecule has 7 heteroatoms. The number of anilines is 1. The van der Waals surface area contributed by atoms with E-state index < -0.39 is 0 Å². The third-order valence-corrected chi connectivity index (χ3v) is 5.73. The number of ether oxygens (including phenoxy) is 1. The largest absolute Gasteiger partial charge is 0.381 e. The number of aryl methyl sites for hydroxylation is 1. The van der Waals surface area contributed by atoms with Gasteiger partial charge in [-0.1, -0.05) is 6.58 Å². The number of nitrogens with zero attached hydrogens (tertiary/aromatic N) is 3. The Kier molecular flexibility index (Phi) is 6.67. The monoisotopic (exact) mass is 385 g/mol. The van der Waals surface area contributed by atoms with Crippen molar-refractivity contribution in [2.75, 3.05) is 19.0 Å². The van der Waals surface area contributed by atoms with E-state index in [1.54, 1.807) is 13.4 Å². The third-order valence-electron chi connectivity index (χ3n) is 5.73. The van der Waals surface area contributed by atoms with E-state index in [2.05, 4.69) is 33.8 Å². The number of piperidine rings is 1. The Morgan fingerprint density at radius 3 is 2.75 bits per heavy atom. The number of aromatic nitrogens is 3. The van der Waals surface area contributed by atoms with Crippen molar-refractivity contribution in [3.63, 3.8) is 0 Å². The second-order valence-corrected chi connectivity index (χ2v) is 7.67. The van der Waals surface area contributed by atoms with Gasteiger partial charge in [0.15, 0.2) is 0 Å². The van der Waals surface area contributed by atoms with Crippen LogP contribution in [-0.4, -0.2) is 57.6 Å². The first-order valence-corrected chi connectivity index (χ1v) is 10.0. The zero-order chi connectivity index (χ0) is 20.1. The molecule has 0 spiro atoms.